The van der Waals surface area contributed by atoms with E-state index >= 15 is 0 Å². The summed E-state index contributed by atoms with van der Waals surface area (Å²) < 4.78 is 7.81. The van der Waals surface area contributed by atoms with Crippen molar-refractivity contribution in [3.63, 3.8) is 0 Å². The molecule has 0 amide bonds. The average molecular weight is 316 g/mol. The Balaban J connectivity index is 2.05. The molecular formula is C20H16N2O2. The van der Waals surface area contributed by atoms with Gasteiger partial charge in [0.2, 0.25) is 0 Å². The zero-order valence-corrected chi connectivity index (χ0v) is 13.3. The van der Waals surface area contributed by atoms with Crippen LogP contribution in [-0.2, 0) is 6.54 Å². The first-order chi connectivity index (χ1) is 11.8. The van der Waals surface area contributed by atoms with Crippen molar-refractivity contribution in [1.29, 1.82) is 0 Å². The van der Waals surface area contributed by atoms with Gasteiger partial charge in [-0.2, -0.15) is 0 Å². The number of furan rings is 1. The number of aromatic nitrogens is 2. The van der Waals surface area contributed by atoms with Crippen molar-refractivity contribution in [2.45, 2.75) is 13.5 Å². The van der Waals surface area contributed by atoms with Gasteiger partial charge in [-0.1, -0.05) is 30.3 Å². The van der Waals surface area contributed by atoms with E-state index in [9.17, 15) is 4.79 Å². The number of fused-ring (bicyclic) bond motifs is 1. The van der Waals surface area contributed by atoms with Gasteiger partial charge in [0.05, 0.1) is 0 Å². The van der Waals surface area contributed by atoms with E-state index in [0.29, 0.717) is 6.54 Å². The van der Waals surface area contributed by atoms with Gasteiger partial charge in [-0.05, 0) is 19.1 Å². The van der Waals surface area contributed by atoms with Gasteiger partial charge in [0.1, 0.15) is 11.3 Å². The van der Waals surface area contributed by atoms with Crippen LogP contribution < -0.4 is 5.56 Å². The third-order valence-corrected chi connectivity index (χ3v) is 4.14. The maximum Gasteiger partial charge on any atom is 0.250 e. The number of hydrogen-bond donors (Lipinski definition) is 0. The maximum atomic E-state index is 11.9. The minimum Gasteiger partial charge on any atom is -0.455 e. The van der Waals surface area contributed by atoms with E-state index in [-0.39, 0.29) is 5.56 Å². The Hall–Kier alpha value is -3.14. The summed E-state index contributed by atoms with van der Waals surface area (Å²) in [5.74, 6) is 0.792. The van der Waals surface area contributed by atoms with E-state index in [2.05, 4.69) is 4.98 Å². The summed E-state index contributed by atoms with van der Waals surface area (Å²) >= 11 is 0. The van der Waals surface area contributed by atoms with E-state index in [1.807, 2.05) is 61.8 Å². The van der Waals surface area contributed by atoms with Crippen LogP contribution in [0.1, 0.15) is 6.92 Å². The predicted octanol–water partition coefficient (Wildman–Crippen LogP) is 4.34. The minimum atomic E-state index is -0.00608. The van der Waals surface area contributed by atoms with Gasteiger partial charge >= 0.3 is 0 Å². The molecule has 0 saturated carbocycles. The molecule has 24 heavy (non-hydrogen) atoms. The zero-order valence-electron chi connectivity index (χ0n) is 13.3. The van der Waals surface area contributed by atoms with E-state index in [0.717, 1.165) is 33.4 Å². The molecule has 0 aliphatic carbocycles. The fourth-order valence-electron chi connectivity index (χ4n) is 2.95. The highest BCUT2D eigenvalue weighted by molar-refractivity contribution is 6.01. The molecule has 4 nitrogen and oxygen atoms in total. The van der Waals surface area contributed by atoms with Crippen LogP contribution in [0.2, 0.25) is 0 Å². The molecule has 0 unspecified atom stereocenters. The molecular weight excluding hydrogens is 300 g/mol. The molecule has 0 fully saturated rings. The average Bonchev–Trinajstić information content (AvgIpc) is 3.02. The van der Waals surface area contributed by atoms with E-state index in [1.54, 1.807) is 16.8 Å². The first-order valence-corrected chi connectivity index (χ1v) is 7.90. The summed E-state index contributed by atoms with van der Waals surface area (Å²) in [5.41, 5.74) is 3.69. The van der Waals surface area contributed by atoms with Gasteiger partial charge in [-0.25, -0.2) is 0 Å². The smallest absolute Gasteiger partial charge is 0.250 e. The molecule has 0 bridgehead atoms. The fourth-order valence-corrected chi connectivity index (χ4v) is 2.95. The number of nitrogens with zero attached hydrogens (tertiary/aromatic N) is 2. The Morgan fingerprint density at radius 3 is 2.67 bits per heavy atom. The molecule has 4 aromatic rings. The van der Waals surface area contributed by atoms with Crippen molar-refractivity contribution in [1.82, 2.24) is 9.55 Å². The zero-order chi connectivity index (χ0) is 16.5. The summed E-state index contributed by atoms with van der Waals surface area (Å²) in [7, 11) is 0. The largest absolute Gasteiger partial charge is 0.455 e. The molecule has 4 heteroatoms. The van der Waals surface area contributed by atoms with Crippen LogP contribution in [0, 0.1) is 0 Å². The van der Waals surface area contributed by atoms with Gasteiger partial charge in [0.15, 0.2) is 0 Å². The Bertz CT molecular complexity index is 1060. The lowest BCUT2D eigenvalue weighted by Crippen LogP contribution is -2.16. The van der Waals surface area contributed by atoms with Crippen molar-refractivity contribution >= 4 is 11.0 Å². The first kappa shape index (κ1) is 14.5. The lowest BCUT2D eigenvalue weighted by molar-refractivity contribution is 0.632. The molecule has 118 valence electrons. The van der Waals surface area contributed by atoms with E-state index in [4.69, 9.17) is 4.42 Å². The monoisotopic (exact) mass is 316 g/mol. The van der Waals surface area contributed by atoms with Crippen LogP contribution in [0.15, 0.2) is 76.3 Å². The Morgan fingerprint density at radius 1 is 1.04 bits per heavy atom. The Labute approximate surface area is 139 Å². The first-order valence-electron chi connectivity index (χ1n) is 7.90. The molecule has 0 spiro atoms. The Kier molecular flexibility index (Phi) is 3.50. The van der Waals surface area contributed by atoms with Gasteiger partial charge < -0.3 is 8.98 Å². The molecule has 0 aliphatic rings. The normalized spacial score (nSPS) is 11.0. The fraction of sp³-hybridized carbons (Fsp3) is 0.100. The van der Waals surface area contributed by atoms with Crippen LogP contribution in [-0.4, -0.2) is 9.55 Å². The van der Waals surface area contributed by atoms with E-state index in [1.165, 1.54) is 0 Å². The topological polar surface area (TPSA) is 48.0 Å². The van der Waals surface area contributed by atoms with Crippen molar-refractivity contribution in [3.8, 4) is 22.5 Å². The summed E-state index contributed by atoms with van der Waals surface area (Å²) in [5, 5.41) is 0.942. The number of pyridine rings is 2. The molecule has 0 saturated heterocycles. The SMILES string of the molecule is CCn1cc(-c2c(-c3ccccc3)oc3ccncc23)ccc1=O. The number of hydrogen-bond acceptors (Lipinski definition) is 3. The standard InChI is InChI=1S/C20H16N2O2/c1-2-22-13-15(8-9-18(22)23)19-16-12-21-11-10-17(16)24-20(19)14-6-4-3-5-7-14/h3-13H,2H2,1H3. The van der Waals surface area contributed by atoms with Gasteiger partial charge in [-0.3, -0.25) is 9.78 Å². The molecule has 3 heterocycles. The van der Waals surface area contributed by atoms with Crippen molar-refractivity contribution in [3.05, 3.63) is 77.5 Å². The highest BCUT2D eigenvalue weighted by atomic mass is 16.3. The van der Waals surface area contributed by atoms with Crippen LogP contribution in [0.3, 0.4) is 0 Å². The predicted molar refractivity (Wildman–Crippen MR) is 94.8 cm³/mol. The summed E-state index contributed by atoms with van der Waals surface area (Å²) in [6, 6.07) is 15.3. The quantitative estimate of drug-likeness (QED) is 0.565. The van der Waals surface area contributed by atoms with Crippen molar-refractivity contribution in [2.75, 3.05) is 0 Å². The van der Waals surface area contributed by atoms with Gasteiger partial charge in [0, 0.05) is 53.3 Å². The lowest BCUT2D eigenvalue weighted by atomic mass is 10.0. The minimum absolute atomic E-state index is 0.00608. The molecule has 0 aliphatic heterocycles. The molecule has 0 atom stereocenters. The maximum absolute atomic E-state index is 11.9. The molecule has 0 N–H and O–H groups in total. The number of rotatable bonds is 3. The highest BCUT2D eigenvalue weighted by Crippen LogP contribution is 2.39. The molecule has 1 aromatic carbocycles. The van der Waals surface area contributed by atoms with Crippen LogP contribution >= 0.6 is 0 Å². The second-order valence-corrected chi connectivity index (χ2v) is 5.59. The van der Waals surface area contributed by atoms with Crippen LogP contribution in [0.5, 0.6) is 0 Å². The van der Waals surface area contributed by atoms with Gasteiger partial charge in [0.25, 0.3) is 5.56 Å². The van der Waals surface area contributed by atoms with Crippen molar-refractivity contribution in [2.24, 2.45) is 0 Å². The molecule has 3 aromatic heterocycles. The summed E-state index contributed by atoms with van der Waals surface area (Å²) in [6.07, 6.45) is 5.41. The third kappa shape index (κ3) is 2.33. The van der Waals surface area contributed by atoms with Gasteiger partial charge in [-0.15, -0.1) is 0 Å². The lowest BCUT2D eigenvalue weighted by Gasteiger charge is -2.07. The second kappa shape index (κ2) is 5.81. The number of benzene rings is 1. The van der Waals surface area contributed by atoms with Crippen molar-refractivity contribution < 1.29 is 4.42 Å². The third-order valence-electron chi connectivity index (χ3n) is 4.14. The number of aryl methyl sites for hydroxylation is 1. The summed E-state index contributed by atoms with van der Waals surface area (Å²) in [6.45, 7) is 2.58. The molecule has 0 radical (unpaired) electrons. The Morgan fingerprint density at radius 2 is 1.88 bits per heavy atom. The second-order valence-electron chi connectivity index (χ2n) is 5.59. The summed E-state index contributed by atoms with van der Waals surface area (Å²) in [4.78, 5) is 16.2. The van der Waals surface area contributed by atoms with E-state index < -0.39 is 0 Å². The highest BCUT2D eigenvalue weighted by Gasteiger charge is 2.18. The van der Waals surface area contributed by atoms with Crippen LogP contribution in [0.4, 0.5) is 0 Å². The van der Waals surface area contributed by atoms with Crippen LogP contribution in [0.25, 0.3) is 33.4 Å². The molecule has 4 rings (SSSR count).